The quantitative estimate of drug-likeness (QED) is 0.387. The summed E-state index contributed by atoms with van der Waals surface area (Å²) in [6, 6.07) is 17.7. The van der Waals surface area contributed by atoms with Gasteiger partial charge < -0.3 is 5.11 Å². The molecule has 3 rings (SSSR count). The van der Waals surface area contributed by atoms with Crippen LogP contribution in [0.2, 0.25) is 5.02 Å². The van der Waals surface area contributed by atoms with Crippen molar-refractivity contribution in [3.63, 3.8) is 0 Å². The molecule has 3 aromatic rings. The molecule has 0 unspecified atom stereocenters. The first kappa shape index (κ1) is 16.8. The van der Waals surface area contributed by atoms with Gasteiger partial charge in [-0.1, -0.05) is 47.1 Å². The molecule has 0 atom stereocenters. The van der Waals surface area contributed by atoms with E-state index in [1.54, 1.807) is 37.3 Å². The summed E-state index contributed by atoms with van der Waals surface area (Å²) in [6.07, 6.45) is -0.734. The number of benzene rings is 3. The number of phenols is 1. The predicted octanol–water partition coefficient (Wildman–Crippen LogP) is 5.17. The van der Waals surface area contributed by atoms with E-state index in [9.17, 15) is 9.90 Å². The highest BCUT2D eigenvalue weighted by Crippen LogP contribution is 2.29. The fraction of sp³-hybridized carbons (Fsp3) is 0.0526. The highest BCUT2D eigenvalue weighted by atomic mass is 35.5. The standard InChI is InChI=1S/C19H15ClN2O3/c1-12(16-11-6-13-4-2-3-5-17(13)18(16)23)22-25-19(24)21-15-9-7-14(20)8-10-15/h2-11,23H,1H3,(H,21,24)/b22-12-. The highest BCUT2D eigenvalue weighted by Gasteiger charge is 2.10. The number of amides is 1. The van der Waals surface area contributed by atoms with Gasteiger partial charge in [-0.05, 0) is 42.6 Å². The van der Waals surface area contributed by atoms with Crippen LogP contribution in [0, 0.1) is 0 Å². The largest absolute Gasteiger partial charge is 0.507 e. The SMILES string of the molecule is C/C(=N/OC(=O)Nc1ccc(Cl)cc1)c1ccc2ccccc2c1O. The van der Waals surface area contributed by atoms with Gasteiger partial charge in [-0.25, -0.2) is 4.79 Å². The van der Waals surface area contributed by atoms with Crippen LogP contribution < -0.4 is 5.32 Å². The molecule has 5 nitrogen and oxygen atoms in total. The van der Waals surface area contributed by atoms with Crippen molar-refractivity contribution in [1.29, 1.82) is 0 Å². The monoisotopic (exact) mass is 354 g/mol. The van der Waals surface area contributed by atoms with Crippen molar-refractivity contribution in [2.24, 2.45) is 5.16 Å². The van der Waals surface area contributed by atoms with Crippen molar-refractivity contribution < 1.29 is 14.7 Å². The van der Waals surface area contributed by atoms with Gasteiger partial charge in [-0.15, -0.1) is 0 Å². The summed E-state index contributed by atoms with van der Waals surface area (Å²) < 4.78 is 0. The Kier molecular flexibility index (Phi) is 4.86. The van der Waals surface area contributed by atoms with Crippen LogP contribution in [0.3, 0.4) is 0 Å². The van der Waals surface area contributed by atoms with E-state index >= 15 is 0 Å². The Morgan fingerprint density at radius 1 is 1.08 bits per heavy atom. The molecule has 0 spiro atoms. The molecule has 0 aromatic heterocycles. The molecule has 0 saturated heterocycles. The van der Waals surface area contributed by atoms with E-state index in [0.29, 0.717) is 27.4 Å². The lowest BCUT2D eigenvalue weighted by Gasteiger charge is -2.08. The van der Waals surface area contributed by atoms with E-state index in [0.717, 1.165) is 5.39 Å². The van der Waals surface area contributed by atoms with Gasteiger partial charge in [-0.2, -0.15) is 0 Å². The number of carbonyl (C=O) groups excluding carboxylic acids is 1. The third-order valence-corrected chi connectivity index (χ3v) is 3.90. The maximum absolute atomic E-state index is 11.8. The van der Waals surface area contributed by atoms with E-state index in [1.807, 2.05) is 30.3 Å². The highest BCUT2D eigenvalue weighted by molar-refractivity contribution is 6.30. The zero-order valence-corrected chi connectivity index (χ0v) is 14.1. The van der Waals surface area contributed by atoms with Gasteiger partial charge in [0.25, 0.3) is 0 Å². The Balaban J connectivity index is 1.74. The lowest BCUT2D eigenvalue weighted by Crippen LogP contribution is -2.11. The van der Waals surface area contributed by atoms with Crippen LogP contribution in [0.25, 0.3) is 10.8 Å². The number of nitrogens with zero attached hydrogens (tertiary/aromatic N) is 1. The lowest BCUT2D eigenvalue weighted by molar-refractivity contribution is 0.166. The average Bonchev–Trinajstić information content (AvgIpc) is 2.62. The Labute approximate surface area is 149 Å². The van der Waals surface area contributed by atoms with Gasteiger partial charge in [0.15, 0.2) is 0 Å². The van der Waals surface area contributed by atoms with E-state index < -0.39 is 6.09 Å². The first-order valence-corrected chi connectivity index (χ1v) is 7.91. The Morgan fingerprint density at radius 2 is 1.80 bits per heavy atom. The molecule has 0 saturated carbocycles. The van der Waals surface area contributed by atoms with E-state index in [1.165, 1.54) is 0 Å². The molecule has 3 aromatic carbocycles. The van der Waals surface area contributed by atoms with Gasteiger partial charge in [-0.3, -0.25) is 10.2 Å². The van der Waals surface area contributed by atoms with Gasteiger partial charge in [0.05, 0.1) is 5.71 Å². The second-order valence-corrected chi connectivity index (χ2v) is 5.81. The topological polar surface area (TPSA) is 70.9 Å². The summed E-state index contributed by atoms with van der Waals surface area (Å²) in [7, 11) is 0. The average molecular weight is 355 g/mol. The van der Waals surface area contributed by atoms with E-state index in [4.69, 9.17) is 16.4 Å². The van der Waals surface area contributed by atoms with Crippen molar-refractivity contribution in [3.05, 3.63) is 71.2 Å². The van der Waals surface area contributed by atoms with Crippen LogP contribution in [0.15, 0.2) is 65.8 Å². The molecular weight excluding hydrogens is 340 g/mol. The summed E-state index contributed by atoms with van der Waals surface area (Å²) in [5, 5.41) is 18.9. The summed E-state index contributed by atoms with van der Waals surface area (Å²) in [5.74, 6) is 0.0982. The number of aromatic hydroxyl groups is 1. The first-order valence-electron chi connectivity index (χ1n) is 7.54. The molecule has 0 bridgehead atoms. The van der Waals surface area contributed by atoms with Crippen molar-refractivity contribution >= 4 is 39.9 Å². The number of hydrogen-bond acceptors (Lipinski definition) is 4. The number of halogens is 1. The molecule has 0 heterocycles. The van der Waals surface area contributed by atoms with Gasteiger partial charge in [0.2, 0.25) is 0 Å². The van der Waals surface area contributed by atoms with Crippen LogP contribution in [-0.2, 0) is 4.84 Å². The van der Waals surface area contributed by atoms with Crippen molar-refractivity contribution in [2.45, 2.75) is 6.92 Å². The summed E-state index contributed by atoms with van der Waals surface area (Å²) in [4.78, 5) is 16.6. The Bertz CT molecular complexity index is 953. The smallest absolute Gasteiger partial charge is 0.437 e. The number of phenolic OH excluding ortho intramolecular Hbond substituents is 1. The normalized spacial score (nSPS) is 11.4. The molecular formula is C19H15ClN2O3. The number of anilines is 1. The zero-order valence-electron chi connectivity index (χ0n) is 13.4. The lowest BCUT2D eigenvalue weighted by atomic mass is 10.0. The fourth-order valence-electron chi connectivity index (χ4n) is 2.38. The second kappa shape index (κ2) is 7.23. The predicted molar refractivity (Wildman–Crippen MR) is 99.4 cm³/mol. The Hall–Kier alpha value is -3.05. The van der Waals surface area contributed by atoms with Crippen molar-refractivity contribution in [1.82, 2.24) is 0 Å². The van der Waals surface area contributed by atoms with Gasteiger partial charge >= 0.3 is 6.09 Å². The van der Waals surface area contributed by atoms with Gasteiger partial charge in [0.1, 0.15) is 5.75 Å². The van der Waals surface area contributed by atoms with Crippen molar-refractivity contribution in [2.75, 3.05) is 5.32 Å². The number of carbonyl (C=O) groups is 1. The minimum atomic E-state index is -0.734. The van der Waals surface area contributed by atoms with Crippen LogP contribution in [0.4, 0.5) is 10.5 Å². The maximum Gasteiger partial charge on any atom is 0.437 e. The molecule has 126 valence electrons. The molecule has 25 heavy (non-hydrogen) atoms. The van der Waals surface area contributed by atoms with E-state index in [2.05, 4.69) is 10.5 Å². The summed E-state index contributed by atoms with van der Waals surface area (Å²) >= 11 is 5.79. The number of hydrogen-bond donors (Lipinski definition) is 2. The first-order chi connectivity index (χ1) is 12.0. The number of oxime groups is 1. The molecule has 0 aliphatic heterocycles. The van der Waals surface area contributed by atoms with Crippen LogP contribution in [-0.4, -0.2) is 16.9 Å². The molecule has 1 amide bonds. The minimum Gasteiger partial charge on any atom is -0.507 e. The summed E-state index contributed by atoms with van der Waals surface area (Å²) in [5.41, 5.74) is 1.42. The molecule has 6 heteroatoms. The maximum atomic E-state index is 11.8. The molecule has 2 N–H and O–H groups in total. The van der Waals surface area contributed by atoms with Crippen LogP contribution in [0.5, 0.6) is 5.75 Å². The van der Waals surface area contributed by atoms with E-state index in [-0.39, 0.29) is 5.75 Å². The van der Waals surface area contributed by atoms with Gasteiger partial charge in [0, 0.05) is 21.7 Å². The third-order valence-electron chi connectivity index (χ3n) is 3.65. The fourth-order valence-corrected chi connectivity index (χ4v) is 2.51. The number of fused-ring (bicyclic) bond motifs is 1. The van der Waals surface area contributed by atoms with Crippen molar-refractivity contribution in [3.8, 4) is 5.75 Å². The summed E-state index contributed by atoms with van der Waals surface area (Å²) in [6.45, 7) is 1.65. The Morgan fingerprint density at radius 3 is 2.56 bits per heavy atom. The second-order valence-electron chi connectivity index (χ2n) is 5.37. The molecule has 0 fully saturated rings. The van der Waals surface area contributed by atoms with Crippen LogP contribution >= 0.6 is 11.6 Å². The molecule has 0 aliphatic rings. The minimum absolute atomic E-state index is 0.0982. The zero-order chi connectivity index (χ0) is 17.8. The molecule has 0 aliphatic carbocycles. The van der Waals surface area contributed by atoms with Crippen LogP contribution in [0.1, 0.15) is 12.5 Å². The molecule has 0 radical (unpaired) electrons. The third kappa shape index (κ3) is 3.89. The number of nitrogens with one attached hydrogen (secondary N) is 1. The number of rotatable bonds is 3.